The molecule has 0 bridgehead atoms. The van der Waals surface area contributed by atoms with Gasteiger partial charge in [0.25, 0.3) is 0 Å². The SMILES string of the molecule is CCCCCCCCCCCCCCNC(=O)[C@@H]1CCCN1. The van der Waals surface area contributed by atoms with Gasteiger partial charge in [0.15, 0.2) is 0 Å². The van der Waals surface area contributed by atoms with Crippen molar-refractivity contribution < 1.29 is 4.79 Å². The summed E-state index contributed by atoms with van der Waals surface area (Å²) in [5.74, 6) is 0.209. The third-order valence-corrected chi connectivity index (χ3v) is 4.71. The van der Waals surface area contributed by atoms with E-state index in [0.717, 1.165) is 32.4 Å². The molecule has 0 saturated carbocycles. The average molecular weight is 311 g/mol. The summed E-state index contributed by atoms with van der Waals surface area (Å²) in [6.07, 6.45) is 18.5. The van der Waals surface area contributed by atoms with E-state index in [9.17, 15) is 4.79 Å². The van der Waals surface area contributed by atoms with E-state index in [4.69, 9.17) is 0 Å². The topological polar surface area (TPSA) is 41.1 Å². The lowest BCUT2D eigenvalue weighted by atomic mass is 10.1. The number of hydrogen-bond acceptors (Lipinski definition) is 2. The van der Waals surface area contributed by atoms with Gasteiger partial charge in [0.2, 0.25) is 5.91 Å². The zero-order chi connectivity index (χ0) is 15.9. The fourth-order valence-corrected chi connectivity index (χ4v) is 3.21. The quantitative estimate of drug-likeness (QED) is 0.462. The fraction of sp³-hybridized carbons (Fsp3) is 0.947. The summed E-state index contributed by atoms with van der Waals surface area (Å²) in [6.45, 7) is 4.13. The highest BCUT2D eigenvalue weighted by Crippen LogP contribution is 2.11. The number of nitrogens with one attached hydrogen (secondary N) is 2. The molecule has 1 atom stereocenters. The van der Waals surface area contributed by atoms with Gasteiger partial charge in [-0.25, -0.2) is 0 Å². The number of carbonyl (C=O) groups excluding carboxylic acids is 1. The molecule has 22 heavy (non-hydrogen) atoms. The second-order valence-corrected chi connectivity index (χ2v) is 6.83. The molecule has 1 aliphatic heterocycles. The Kier molecular flexibility index (Phi) is 12.4. The van der Waals surface area contributed by atoms with Gasteiger partial charge in [-0.2, -0.15) is 0 Å². The van der Waals surface area contributed by atoms with Crippen molar-refractivity contribution in [2.24, 2.45) is 0 Å². The Balaban J connectivity index is 1.73. The summed E-state index contributed by atoms with van der Waals surface area (Å²) >= 11 is 0. The molecule has 0 aromatic heterocycles. The van der Waals surface area contributed by atoms with Gasteiger partial charge in [0.05, 0.1) is 6.04 Å². The second kappa shape index (κ2) is 14.0. The molecule has 130 valence electrons. The van der Waals surface area contributed by atoms with Gasteiger partial charge >= 0.3 is 0 Å². The molecule has 1 fully saturated rings. The van der Waals surface area contributed by atoms with Crippen LogP contribution in [0.25, 0.3) is 0 Å². The van der Waals surface area contributed by atoms with Crippen molar-refractivity contribution in [3.05, 3.63) is 0 Å². The molecular weight excluding hydrogens is 272 g/mol. The lowest BCUT2D eigenvalue weighted by molar-refractivity contribution is -0.122. The van der Waals surface area contributed by atoms with Crippen LogP contribution in [-0.4, -0.2) is 25.0 Å². The molecule has 0 radical (unpaired) electrons. The lowest BCUT2D eigenvalue weighted by Gasteiger charge is -2.10. The van der Waals surface area contributed by atoms with Gasteiger partial charge in [-0.3, -0.25) is 4.79 Å². The largest absolute Gasteiger partial charge is 0.355 e. The predicted octanol–water partition coefficient (Wildman–Crippen LogP) is 4.56. The van der Waals surface area contributed by atoms with E-state index in [0.29, 0.717) is 0 Å². The molecule has 1 saturated heterocycles. The number of unbranched alkanes of at least 4 members (excludes halogenated alkanes) is 11. The summed E-state index contributed by atoms with van der Waals surface area (Å²) in [5.41, 5.74) is 0. The van der Waals surface area contributed by atoms with Crippen LogP contribution in [0.4, 0.5) is 0 Å². The zero-order valence-corrected chi connectivity index (χ0v) is 14.8. The van der Waals surface area contributed by atoms with Gasteiger partial charge < -0.3 is 10.6 Å². The molecule has 0 aromatic carbocycles. The Hall–Kier alpha value is -0.570. The van der Waals surface area contributed by atoms with Gasteiger partial charge in [-0.15, -0.1) is 0 Å². The third kappa shape index (κ3) is 10.2. The number of rotatable bonds is 14. The van der Waals surface area contributed by atoms with Crippen molar-refractivity contribution in [3.63, 3.8) is 0 Å². The monoisotopic (exact) mass is 310 g/mol. The van der Waals surface area contributed by atoms with Crippen molar-refractivity contribution in [1.82, 2.24) is 10.6 Å². The van der Waals surface area contributed by atoms with Crippen LogP contribution in [0.1, 0.15) is 96.8 Å². The predicted molar refractivity (Wildman–Crippen MR) is 95.1 cm³/mol. The molecule has 3 heteroatoms. The van der Waals surface area contributed by atoms with Crippen LogP contribution in [0.3, 0.4) is 0 Å². The molecule has 0 aliphatic carbocycles. The molecule has 0 aromatic rings. The minimum atomic E-state index is 0.0809. The van der Waals surface area contributed by atoms with Crippen LogP contribution >= 0.6 is 0 Å². The standard InChI is InChI=1S/C19H38N2O/c1-2-3-4-5-6-7-8-9-10-11-12-13-16-21-19(22)18-15-14-17-20-18/h18,20H,2-17H2,1H3,(H,21,22)/t18-/m0/s1. The Bertz CT molecular complexity index is 262. The van der Waals surface area contributed by atoms with Crippen LogP contribution in [0.2, 0.25) is 0 Å². The van der Waals surface area contributed by atoms with Crippen LogP contribution < -0.4 is 10.6 Å². The Labute approximate surface area is 138 Å². The van der Waals surface area contributed by atoms with Gasteiger partial charge in [0.1, 0.15) is 0 Å². The van der Waals surface area contributed by atoms with Crippen molar-refractivity contribution in [3.8, 4) is 0 Å². The van der Waals surface area contributed by atoms with E-state index in [-0.39, 0.29) is 11.9 Å². The third-order valence-electron chi connectivity index (χ3n) is 4.71. The molecule has 0 spiro atoms. The molecular formula is C19H38N2O. The highest BCUT2D eigenvalue weighted by atomic mass is 16.2. The maximum atomic E-state index is 11.8. The molecule has 1 heterocycles. The first-order valence-corrected chi connectivity index (χ1v) is 9.85. The van der Waals surface area contributed by atoms with Crippen molar-refractivity contribution in [2.75, 3.05) is 13.1 Å². The minimum absolute atomic E-state index is 0.0809. The van der Waals surface area contributed by atoms with Gasteiger partial charge in [-0.05, 0) is 25.8 Å². The average Bonchev–Trinajstić information content (AvgIpc) is 3.06. The summed E-state index contributed by atoms with van der Waals surface area (Å²) < 4.78 is 0. The van der Waals surface area contributed by atoms with Crippen LogP contribution in [0.5, 0.6) is 0 Å². The first-order valence-electron chi connectivity index (χ1n) is 9.85. The Morgan fingerprint density at radius 3 is 1.95 bits per heavy atom. The maximum absolute atomic E-state index is 11.8. The van der Waals surface area contributed by atoms with Gasteiger partial charge in [0, 0.05) is 6.54 Å². The van der Waals surface area contributed by atoms with E-state index in [1.54, 1.807) is 0 Å². The first-order chi connectivity index (χ1) is 10.8. The van der Waals surface area contributed by atoms with E-state index in [1.165, 1.54) is 70.6 Å². The highest BCUT2D eigenvalue weighted by molar-refractivity contribution is 5.81. The maximum Gasteiger partial charge on any atom is 0.237 e. The van der Waals surface area contributed by atoms with E-state index < -0.39 is 0 Å². The van der Waals surface area contributed by atoms with Crippen LogP contribution in [-0.2, 0) is 4.79 Å². The second-order valence-electron chi connectivity index (χ2n) is 6.83. The smallest absolute Gasteiger partial charge is 0.237 e. The van der Waals surface area contributed by atoms with Crippen LogP contribution in [0.15, 0.2) is 0 Å². The van der Waals surface area contributed by atoms with Crippen molar-refractivity contribution in [1.29, 1.82) is 0 Å². The molecule has 1 rings (SSSR count). The molecule has 0 unspecified atom stereocenters. The number of carbonyl (C=O) groups is 1. The summed E-state index contributed by atoms with van der Waals surface area (Å²) in [7, 11) is 0. The van der Waals surface area contributed by atoms with Crippen molar-refractivity contribution >= 4 is 5.91 Å². The molecule has 2 N–H and O–H groups in total. The Morgan fingerprint density at radius 1 is 0.909 bits per heavy atom. The van der Waals surface area contributed by atoms with Crippen molar-refractivity contribution in [2.45, 2.75) is 103 Å². The normalized spacial score (nSPS) is 17.8. The van der Waals surface area contributed by atoms with E-state index in [2.05, 4.69) is 17.6 Å². The van der Waals surface area contributed by atoms with Crippen LogP contribution in [0, 0.1) is 0 Å². The summed E-state index contributed by atoms with van der Waals surface area (Å²) in [4.78, 5) is 11.8. The summed E-state index contributed by atoms with van der Waals surface area (Å²) in [6, 6.07) is 0.0809. The van der Waals surface area contributed by atoms with E-state index in [1.807, 2.05) is 0 Å². The highest BCUT2D eigenvalue weighted by Gasteiger charge is 2.20. The minimum Gasteiger partial charge on any atom is -0.355 e. The Morgan fingerprint density at radius 2 is 1.45 bits per heavy atom. The molecule has 3 nitrogen and oxygen atoms in total. The number of amides is 1. The lowest BCUT2D eigenvalue weighted by Crippen LogP contribution is -2.40. The zero-order valence-electron chi connectivity index (χ0n) is 14.8. The molecule has 1 amide bonds. The van der Waals surface area contributed by atoms with E-state index >= 15 is 0 Å². The molecule has 1 aliphatic rings. The summed E-state index contributed by atoms with van der Waals surface area (Å²) in [5, 5.41) is 6.30. The fourth-order valence-electron chi connectivity index (χ4n) is 3.21. The van der Waals surface area contributed by atoms with Gasteiger partial charge in [-0.1, -0.05) is 77.6 Å². The first kappa shape index (κ1) is 19.5. The number of hydrogen-bond donors (Lipinski definition) is 2.